The molecule has 1 aliphatic heterocycles. The second kappa shape index (κ2) is 8.21. The highest BCUT2D eigenvalue weighted by molar-refractivity contribution is 7.10. The summed E-state index contributed by atoms with van der Waals surface area (Å²) < 4.78 is 18.3. The summed E-state index contributed by atoms with van der Waals surface area (Å²) in [5.74, 6) is 2.09. The van der Waals surface area contributed by atoms with Gasteiger partial charge in [-0.25, -0.2) is 0 Å². The standard InChI is InChI=1S/C25H26O3S/c1-26-23-15-18(11-12-22(23)27-16-17-7-3-2-4-8-17)24-20-13-14-29-25(20)19-9-5-6-10-21(19)28-24/h2-4,7-8,11-15,19,21,24H,5-6,9-10,16H2,1H3/t19-,21-,24-/m0/s1. The molecule has 3 aromatic rings. The fraction of sp³-hybridized carbons (Fsp3) is 0.360. The first-order chi connectivity index (χ1) is 14.3. The van der Waals surface area contributed by atoms with E-state index < -0.39 is 0 Å². The van der Waals surface area contributed by atoms with Crippen molar-refractivity contribution < 1.29 is 14.2 Å². The molecule has 0 radical (unpaired) electrons. The lowest BCUT2D eigenvalue weighted by molar-refractivity contribution is -0.0374. The summed E-state index contributed by atoms with van der Waals surface area (Å²) in [6.07, 6.45) is 5.31. The first kappa shape index (κ1) is 18.7. The van der Waals surface area contributed by atoms with Crippen molar-refractivity contribution in [3.8, 4) is 11.5 Å². The second-order valence-electron chi connectivity index (χ2n) is 7.87. The number of hydrogen-bond donors (Lipinski definition) is 0. The Bertz CT molecular complexity index is 965. The van der Waals surface area contributed by atoms with E-state index in [0.717, 1.165) is 29.0 Å². The lowest BCUT2D eigenvalue weighted by Crippen LogP contribution is -2.32. The lowest BCUT2D eigenvalue weighted by Gasteiger charge is -2.39. The Morgan fingerprint density at radius 2 is 1.86 bits per heavy atom. The van der Waals surface area contributed by atoms with Crippen LogP contribution < -0.4 is 9.47 Å². The van der Waals surface area contributed by atoms with E-state index in [4.69, 9.17) is 14.2 Å². The molecule has 1 aromatic heterocycles. The monoisotopic (exact) mass is 406 g/mol. The van der Waals surface area contributed by atoms with Crippen LogP contribution in [0.5, 0.6) is 11.5 Å². The topological polar surface area (TPSA) is 27.7 Å². The molecule has 0 N–H and O–H groups in total. The van der Waals surface area contributed by atoms with E-state index in [1.165, 1.54) is 29.7 Å². The van der Waals surface area contributed by atoms with Crippen LogP contribution in [0.2, 0.25) is 0 Å². The summed E-state index contributed by atoms with van der Waals surface area (Å²) in [7, 11) is 1.70. The van der Waals surface area contributed by atoms with E-state index in [1.807, 2.05) is 35.6 Å². The minimum Gasteiger partial charge on any atom is -0.493 e. The van der Waals surface area contributed by atoms with Crippen LogP contribution in [-0.2, 0) is 11.3 Å². The van der Waals surface area contributed by atoms with Gasteiger partial charge in [-0.05, 0) is 53.1 Å². The summed E-state index contributed by atoms with van der Waals surface area (Å²) in [6, 6.07) is 18.6. The van der Waals surface area contributed by atoms with E-state index in [1.54, 1.807) is 7.11 Å². The second-order valence-corrected chi connectivity index (χ2v) is 8.82. The van der Waals surface area contributed by atoms with Crippen LogP contribution >= 0.6 is 11.3 Å². The van der Waals surface area contributed by atoms with Gasteiger partial charge in [0.1, 0.15) is 12.7 Å². The van der Waals surface area contributed by atoms with E-state index in [-0.39, 0.29) is 6.10 Å². The summed E-state index contributed by atoms with van der Waals surface area (Å²) >= 11 is 1.89. The van der Waals surface area contributed by atoms with Crippen molar-refractivity contribution in [3.05, 3.63) is 81.5 Å². The zero-order valence-corrected chi connectivity index (χ0v) is 17.5. The molecule has 4 heteroatoms. The molecule has 3 nitrogen and oxygen atoms in total. The molecule has 1 aliphatic carbocycles. The smallest absolute Gasteiger partial charge is 0.161 e. The molecule has 0 bridgehead atoms. The maximum atomic E-state index is 6.64. The first-order valence-corrected chi connectivity index (χ1v) is 11.3. The molecule has 0 unspecified atom stereocenters. The molecular formula is C25H26O3S. The van der Waals surface area contributed by atoms with Crippen LogP contribution in [0.4, 0.5) is 0 Å². The average Bonchev–Trinajstić information content (AvgIpc) is 3.28. The van der Waals surface area contributed by atoms with Gasteiger partial charge in [-0.3, -0.25) is 0 Å². The minimum atomic E-state index is -0.0207. The van der Waals surface area contributed by atoms with Gasteiger partial charge in [-0.2, -0.15) is 0 Å². The van der Waals surface area contributed by atoms with Crippen molar-refractivity contribution in [2.24, 2.45) is 0 Å². The van der Waals surface area contributed by atoms with Gasteiger partial charge >= 0.3 is 0 Å². The Balaban J connectivity index is 1.41. The molecule has 2 heterocycles. The molecule has 2 aromatic carbocycles. The Labute approximate surface area is 176 Å². The zero-order chi connectivity index (χ0) is 19.6. The summed E-state index contributed by atoms with van der Waals surface area (Å²) in [4.78, 5) is 1.52. The normalized spacial score (nSPS) is 23.1. The summed E-state index contributed by atoms with van der Waals surface area (Å²) in [5.41, 5.74) is 3.61. The van der Waals surface area contributed by atoms with Crippen LogP contribution in [0.15, 0.2) is 60.0 Å². The minimum absolute atomic E-state index is 0.0207. The highest BCUT2D eigenvalue weighted by Gasteiger charge is 2.38. The number of fused-ring (bicyclic) bond motifs is 3. The van der Waals surface area contributed by atoms with Crippen molar-refractivity contribution in [1.82, 2.24) is 0 Å². The van der Waals surface area contributed by atoms with Crippen molar-refractivity contribution in [3.63, 3.8) is 0 Å². The molecule has 2 aliphatic rings. The molecule has 0 spiro atoms. The predicted octanol–water partition coefficient (Wildman–Crippen LogP) is 6.48. The Morgan fingerprint density at radius 3 is 2.72 bits per heavy atom. The molecule has 3 atom stereocenters. The first-order valence-electron chi connectivity index (χ1n) is 10.4. The van der Waals surface area contributed by atoms with Gasteiger partial charge in [-0.15, -0.1) is 11.3 Å². The van der Waals surface area contributed by atoms with Crippen molar-refractivity contribution >= 4 is 11.3 Å². The molecule has 1 saturated carbocycles. The molecule has 29 heavy (non-hydrogen) atoms. The van der Waals surface area contributed by atoms with Crippen LogP contribution in [-0.4, -0.2) is 13.2 Å². The quantitative estimate of drug-likeness (QED) is 0.485. The lowest BCUT2D eigenvalue weighted by atomic mass is 9.80. The summed E-state index contributed by atoms with van der Waals surface area (Å²) in [6.45, 7) is 0.523. The molecule has 150 valence electrons. The van der Waals surface area contributed by atoms with Crippen LogP contribution in [0.25, 0.3) is 0 Å². The Morgan fingerprint density at radius 1 is 1.00 bits per heavy atom. The highest BCUT2D eigenvalue weighted by Crippen LogP contribution is 2.49. The third-order valence-corrected chi connectivity index (χ3v) is 7.15. The number of methoxy groups -OCH3 is 1. The highest BCUT2D eigenvalue weighted by atomic mass is 32.1. The molecule has 0 amide bonds. The maximum Gasteiger partial charge on any atom is 0.161 e. The third-order valence-electron chi connectivity index (χ3n) is 6.09. The van der Waals surface area contributed by atoms with E-state index in [0.29, 0.717) is 18.6 Å². The van der Waals surface area contributed by atoms with Crippen LogP contribution in [0.1, 0.15) is 59.3 Å². The van der Waals surface area contributed by atoms with Crippen LogP contribution in [0.3, 0.4) is 0 Å². The number of thiophene rings is 1. The average molecular weight is 407 g/mol. The van der Waals surface area contributed by atoms with Gasteiger partial charge < -0.3 is 14.2 Å². The number of hydrogen-bond acceptors (Lipinski definition) is 4. The van der Waals surface area contributed by atoms with Gasteiger partial charge in [0.2, 0.25) is 0 Å². The van der Waals surface area contributed by atoms with Crippen molar-refractivity contribution in [2.45, 2.75) is 50.4 Å². The Hall–Kier alpha value is -2.30. The Kier molecular flexibility index (Phi) is 5.30. The largest absolute Gasteiger partial charge is 0.493 e. The van der Waals surface area contributed by atoms with Gasteiger partial charge in [0.05, 0.1) is 13.2 Å². The SMILES string of the molecule is COc1cc([C@@H]2O[C@H]3CCCC[C@@H]3c3sccc32)ccc1OCc1ccccc1. The summed E-state index contributed by atoms with van der Waals surface area (Å²) in [5, 5.41) is 2.21. The predicted molar refractivity (Wildman–Crippen MR) is 116 cm³/mol. The van der Waals surface area contributed by atoms with Crippen LogP contribution in [0, 0.1) is 0 Å². The number of rotatable bonds is 5. The van der Waals surface area contributed by atoms with E-state index in [2.05, 4.69) is 35.7 Å². The zero-order valence-electron chi connectivity index (χ0n) is 16.7. The van der Waals surface area contributed by atoms with E-state index in [9.17, 15) is 0 Å². The number of ether oxygens (including phenoxy) is 3. The van der Waals surface area contributed by atoms with E-state index >= 15 is 0 Å². The molecular weight excluding hydrogens is 380 g/mol. The molecule has 5 rings (SSSR count). The van der Waals surface area contributed by atoms with Gasteiger partial charge in [0.25, 0.3) is 0 Å². The molecule has 0 saturated heterocycles. The fourth-order valence-electron chi connectivity index (χ4n) is 4.62. The van der Waals surface area contributed by atoms with Crippen molar-refractivity contribution in [2.75, 3.05) is 7.11 Å². The van der Waals surface area contributed by atoms with Gasteiger partial charge in [0.15, 0.2) is 11.5 Å². The number of benzene rings is 2. The maximum absolute atomic E-state index is 6.64. The fourth-order valence-corrected chi connectivity index (χ4v) is 5.73. The van der Waals surface area contributed by atoms with Gasteiger partial charge in [0, 0.05) is 10.8 Å². The molecule has 1 fully saturated rings. The van der Waals surface area contributed by atoms with Gasteiger partial charge in [-0.1, -0.05) is 49.2 Å². The third kappa shape index (κ3) is 3.67. The van der Waals surface area contributed by atoms with Crippen molar-refractivity contribution in [1.29, 1.82) is 0 Å².